The van der Waals surface area contributed by atoms with Gasteiger partial charge in [-0.15, -0.1) is 0 Å². The molecule has 22 heavy (non-hydrogen) atoms. The van der Waals surface area contributed by atoms with Crippen LogP contribution in [0.5, 0.6) is 11.5 Å². The van der Waals surface area contributed by atoms with E-state index in [4.69, 9.17) is 4.74 Å². The molecule has 2 aliphatic heterocycles. The number of hydrogen-bond acceptors (Lipinski definition) is 5. The van der Waals surface area contributed by atoms with Gasteiger partial charge < -0.3 is 14.7 Å². The van der Waals surface area contributed by atoms with E-state index >= 15 is 0 Å². The molecule has 0 spiro atoms. The molecule has 5 nitrogen and oxygen atoms in total. The Hall–Kier alpha value is -1.22. The fraction of sp³-hybridized carbons (Fsp3) is 0.333. The van der Waals surface area contributed by atoms with Crippen LogP contribution in [0.1, 0.15) is 18.4 Å². The highest BCUT2D eigenvalue weighted by molar-refractivity contribution is 14.1. The number of aromatic hydroxyl groups is 1. The van der Waals surface area contributed by atoms with E-state index in [2.05, 4.69) is 9.89 Å². The van der Waals surface area contributed by atoms with Crippen LogP contribution in [-0.4, -0.2) is 41.3 Å². The molecule has 116 valence electrons. The quantitative estimate of drug-likeness (QED) is 0.578. The normalized spacial score (nSPS) is 19.9. The van der Waals surface area contributed by atoms with Gasteiger partial charge in [-0.1, -0.05) is 0 Å². The molecule has 1 aromatic rings. The number of hydrogen-bond donors (Lipinski definition) is 1. The Kier molecular flexibility index (Phi) is 4.62. The van der Waals surface area contributed by atoms with Gasteiger partial charge in [-0.2, -0.15) is 4.99 Å². The minimum Gasteiger partial charge on any atom is -0.504 e. The van der Waals surface area contributed by atoms with Crippen LogP contribution in [0, 0.1) is 3.57 Å². The number of amides is 1. The van der Waals surface area contributed by atoms with E-state index in [1.54, 1.807) is 12.1 Å². The maximum Gasteiger partial charge on any atom is 0.286 e. The monoisotopic (exact) mass is 430 g/mol. The van der Waals surface area contributed by atoms with Crippen molar-refractivity contribution in [1.82, 2.24) is 4.90 Å². The fourth-order valence-electron chi connectivity index (χ4n) is 2.43. The predicted molar refractivity (Wildman–Crippen MR) is 96.2 cm³/mol. The second kappa shape index (κ2) is 6.49. The average Bonchev–Trinajstić information content (AvgIpc) is 3.13. The van der Waals surface area contributed by atoms with Crippen LogP contribution < -0.4 is 4.74 Å². The van der Waals surface area contributed by atoms with Gasteiger partial charge in [0.15, 0.2) is 16.7 Å². The molecule has 0 aromatic heterocycles. The van der Waals surface area contributed by atoms with Crippen molar-refractivity contribution in [3.63, 3.8) is 0 Å². The van der Waals surface area contributed by atoms with Crippen molar-refractivity contribution >= 4 is 51.5 Å². The molecule has 3 rings (SSSR count). The Morgan fingerprint density at radius 2 is 2.14 bits per heavy atom. The lowest BCUT2D eigenvalue weighted by Crippen LogP contribution is -2.23. The summed E-state index contributed by atoms with van der Waals surface area (Å²) in [6.45, 7) is 1.94. The minimum absolute atomic E-state index is 0.115. The first-order chi connectivity index (χ1) is 10.6. The van der Waals surface area contributed by atoms with E-state index in [0.29, 0.717) is 14.2 Å². The van der Waals surface area contributed by atoms with Crippen LogP contribution in [0.25, 0.3) is 6.08 Å². The molecule has 1 N–H and O–H groups in total. The van der Waals surface area contributed by atoms with E-state index in [9.17, 15) is 9.90 Å². The Balaban J connectivity index is 1.84. The van der Waals surface area contributed by atoms with Gasteiger partial charge in [-0.05, 0) is 71.0 Å². The molecule has 1 amide bonds. The number of methoxy groups -OCH3 is 1. The molecular weight excluding hydrogens is 415 g/mol. The smallest absolute Gasteiger partial charge is 0.286 e. The molecule has 7 heteroatoms. The molecule has 2 heterocycles. The van der Waals surface area contributed by atoms with Crippen LogP contribution >= 0.6 is 34.4 Å². The van der Waals surface area contributed by atoms with Crippen molar-refractivity contribution in [2.24, 2.45) is 4.99 Å². The number of phenols is 1. The maximum atomic E-state index is 12.1. The van der Waals surface area contributed by atoms with Gasteiger partial charge in [0.2, 0.25) is 0 Å². The fourth-order valence-corrected chi connectivity index (χ4v) is 4.02. The molecule has 1 saturated heterocycles. The third-order valence-electron chi connectivity index (χ3n) is 3.55. The SMILES string of the molecule is COc1cc(/C=C2/SC(N3CCCC3)=NC2=O)cc(I)c1O. The van der Waals surface area contributed by atoms with Crippen LogP contribution in [0.4, 0.5) is 0 Å². The van der Waals surface area contributed by atoms with Crippen molar-refractivity contribution in [1.29, 1.82) is 0 Å². The van der Waals surface area contributed by atoms with Crippen molar-refractivity contribution < 1.29 is 14.6 Å². The first-order valence-electron chi connectivity index (χ1n) is 6.92. The summed E-state index contributed by atoms with van der Waals surface area (Å²) >= 11 is 3.45. The van der Waals surface area contributed by atoms with Gasteiger partial charge in [0.05, 0.1) is 15.6 Å². The van der Waals surface area contributed by atoms with Crippen molar-refractivity contribution in [2.75, 3.05) is 20.2 Å². The molecule has 2 aliphatic rings. The summed E-state index contributed by atoms with van der Waals surface area (Å²) in [5.41, 5.74) is 0.813. The second-order valence-electron chi connectivity index (χ2n) is 5.06. The highest BCUT2D eigenvalue weighted by atomic mass is 127. The molecule has 0 unspecified atom stereocenters. The summed E-state index contributed by atoms with van der Waals surface area (Å²) in [5.74, 6) is 0.313. The van der Waals surface area contributed by atoms with E-state index in [1.165, 1.54) is 18.9 Å². The van der Waals surface area contributed by atoms with Crippen LogP contribution in [0.15, 0.2) is 22.0 Å². The Labute approximate surface area is 146 Å². The van der Waals surface area contributed by atoms with E-state index in [0.717, 1.165) is 36.7 Å². The summed E-state index contributed by atoms with van der Waals surface area (Å²) < 4.78 is 5.83. The van der Waals surface area contributed by atoms with Crippen molar-refractivity contribution in [2.45, 2.75) is 12.8 Å². The topological polar surface area (TPSA) is 62.1 Å². The van der Waals surface area contributed by atoms with Crippen molar-refractivity contribution in [3.05, 3.63) is 26.2 Å². The number of halogens is 1. The number of phenolic OH excluding ortho intramolecular Hbond substituents is 1. The number of amidine groups is 1. The Morgan fingerprint density at radius 3 is 2.82 bits per heavy atom. The number of likely N-dealkylation sites (tertiary alicyclic amines) is 1. The first kappa shape index (κ1) is 15.7. The molecule has 0 radical (unpaired) electrons. The van der Waals surface area contributed by atoms with E-state index < -0.39 is 0 Å². The third kappa shape index (κ3) is 3.10. The lowest BCUT2D eigenvalue weighted by Gasteiger charge is -2.14. The van der Waals surface area contributed by atoms with Gasteiger partial charge in [-0.25, -0.2) is 0 Å². The van der Waals surface area contributed by atoms with Gasteiger partial charge in [0.1, 0.15) is 0 Å². The van der Waals surface area contributed by atoms with E-state index in [1.807, 2.05) is 28.7 Å². The lowest BCUT2D eigenvalue weighted by molar-refractivity contribution is -0.113. The summed E-state index contributed by atoms with van der Waals surface area (Å²) in [4.78, 5) is 19.0. The van der Waals surface area contributed by atoms with Crippen molar-refractivity contribution in [3.8, 4) is 11.5 Å². The zero-order valence-electron chi connectivity index (χ0n) is 12.0. The molecular formula is C15H15IN2O3S. The van der Waals surface area contributed by atoms with Gasteiger partial charge >= 0.3 is 0 Å². The average molecular weight is 430 g/mol. The lowest BCUT2D eigenvalue weighted by atomic mass is 10.2. The molecule has 1 fully saturated rings. The summed E-state index contributed by atoms with van der Waals surface area (Å²) in [5, 5.41) is 10.7. The van der Waals surface area contributed by atoms with Crippen LogP contribution in [0.3, 0.4) is 0 Å². The summed E-state index contributed by atoms with van der Waals surface area (Å²) in [6, 6.07) is 3.53. The largest absolute Gasteiger partial charge is 0.504 e. The number of aliphatic imine (C=N–C) groups is 1. The van der Waals surface area contributed by atoms with Gasteiger partial charge in [-0.3, -0.25) is 4.79 Å². The Bertz CT molecular complexity index is 682. The number of carbonyl (C=O) groups is 1. The van der Waals surface area contributed by atoms with Gasteiger partial charge in [0, 0.05) is 13.1 Å². The molecule has 1 aromatic carbocycles. The number of ether oxygens (including phenoxy) is 1. The number of benzene rings is 1. The molecule has 0 aliphatic carbocycles. The Morgan fingerprint density at radius 1 is 1.41 bits per heavy atom. The highest BCUT2D eigenvalue weighted by Gasteiger charge is 2.27. The number of nitrogens with zero attached hydrogens (tertiary/aromatic N) is 2. The number of rotatable bonds is 2. The molecule has 0 atom stereocenters. The third-order valence-corrected chi connectivity index (χ3v) is 5.42. The zero-order valence-corrected chi connectivity index (χ0v) is 15.0. The minimum atomic E-state index is -0.200. The molecule has 0 bridgehead atoms. The first-order valence-corrected chi connectivity index (χ1v) is 8.82. The zero-order chi connectivity index (χ0) is 15.7. The number of carbonyl (C=O) groups excluding carboxylic acids is 1. The summed E-state index contributed by atoms with van der Waals surface area (Å²) in [7, 11) is 1.51. The highest BCUT2D eigenvalue weighted by Crippen LogP contribution is 2.36. The second-order valence-corrected chi connectivity index (χ2v) is 7.23. The standard InChI is InChI=1S/C15H15IN2O3S/c1-21-11-7-9(6-10(16)13(11)19)8-12-14(20)17-15(22-12)18-4-2-3-5-18/h6-8,19H,2-5H2,1H3/b12-8+. The predicted octanol–water partition coefficient (Wildman–Crippen LogP) is 3.07. The van der Waals surface area contributed by atoms with Crippen LogP contribution in [-0.2, 0) is 4.79 Å². The maximum absolute atomic E-state index is 12.1. The van der Waals surface area contributed by atoms with Crippen LogP contribution in [0.2, 0.25) is 0 Å². The molecule has 0 saturated carbocycles. The van der Waals surface area contributed by atoms with Gasteiger partial charge in [0.25, 0.3) is 5.91 Å². The number of thioether (sulfide) groups is 1. The summed E-state index contributed by atoms with van der Waals surface area (Å²) in [6.07, 6.45) is 4.10. The van der Waals surface area contributed by atoms with E-state index in [-0.39, 0.29) is 11.7 Å².